The lowest BCUT2D eigenvalue weighted by atomic mass is 9.96. The maximum atomic E-state index is 12.8. The number of likely N-dealkylation sites (tertiary alicyclic amines) is 2. The van der Waals surface area contributed by atoms with Crippen LogP contribution in [0.2, 0.25) is 0 Å². The lowest BCUT2D eigenvalue weighted by molar-refractivity contribution is -0.135. The number of hydrogen-bond acceptors (Lipinski definition) is 4. The molecule has 0 saturated carbocycles. The zero-order valence-corrected chi connectivity index (χ0v) is 14.7. The summed E-state index contributed by atoms with van der Waals surface area (Å²) >= 11 is 0. The summed E-state index contributed by atoms with van der Waals surface area (Å²) in [6.45, 7) is 2.90. The molecule has 0 bridgehead atoms. The summed E-state index contributed by atoms with van der Waals surface area (Å²) in [7, 11) is 0. The minimum absolute atomic E-state index is 0.0773. The predicted octanol–water partition coefficient (Wildman–Crippen LogP) is 1.95. The van der Waals surface area contributed by atoms with Crippen molar-refractivity contribution in [3.8, 4) is 11.3 Å². The third-order valence-corrected chi connectivity index (χ3v) is 5.24. The van der Waals surface area contributed by atoms with Crippen molar-refractivity contribution in [2.45, 2.75) is 25.7 Å². The molecule has 2 aliphatic heterocycles. The first kappa shape index (κ1) is 16.8. The summed E-state index contributed by atoms with van der Waals surface area (Å²) in [5.41, 5.74) is 2.02. The van der Waals surface area contributed by atoms with Crippen LogP contribution >= 0.6 is 0 Å². The van der Waals surface area contributed by atoms with Gasteiger partial charge in [0.1, 0.15) is 5.69 Å². The molecule has 1 unspecified atom stereocenters. The number of amides is 2. The monoisotopic (exact) mass is 353 g/mol. The average Bonchev–Trinajstić information content (AvgIpc) is 3.40. The van der Waals surface area contributed by atoms with Crippen molar-refractivity contribution in [1.82, 2.24) is 25.0 Å². The Morgan fingerprint density at radius 3 is 2.69 bits per heavy atom. The van der Waals surface area contributed by atoms with E-state index in [0.717, 1.165) is 44.3 Å². The number of carbonyl (C=O) groups excluding carboxylic acids is 2. The maximum Gasteiger partial charge on any atom is 0.271 e. The fraction of sp³-hybridized carbons (Fsp3) is 0.474. The Hall–Kier alpha value is -2.70. The SMILES string of the molecule is O=C(c1cc(-c2cccnc2)n[nH]1)N1CCCC(C(=O)N2CCCC2)C1. The van der Waals surface area contributed by atoms with Crippen molar-refractivity contribution in [3.63, 3.8) is 0 Å². The van der Waals surface area contributed by atoms with Gasteiger partial charge in [-0.15, -0.1) is 0 Å². The van der Waals surface area contributed by atoms with Gasteiger partial charge in [-0.3, -0.25) is 19.7 Å². The van der Waals surface area contributed by atoms with Gasteiger partial charge >= 0.3 is 0 Å². The first-order chi connectivity index (χ1) is 12.7. The van der Waals surface area contributed by atoms with Gasteiger partial charge in [0.2, 0.25) is 5.91 Å². The fourth-order valence-electron chi connectivity index (χ4n) is 3.82. The molecule has 0 aliphatic carbocycles. The van der Waals surface area contributed by atoms with Crippen molar-refractivity contribution in [2.24, 2.45) is 5.92 Å². The molecule has 0 aromatic carbocycles. The minimum atomic E-state index is -0.0911. The van der Waals surface area contributed by atoms with Gasteiger partial charge < -0.3 is 9.80 Å². The first-order valence-corrected chi connectivity index (χ1v) is 9.26. The molecule has 1 atom stereocenters. The topological polar surface area (TPSA) is 82.2 Å². The lowest BCUT2D eigenvalue weighted by Crippen LogP contribution is -2.46. The Labute approximate surface area is 152 Å². The number of carbonyl (C=O) groups is 2. The molecular formula is C19H23N5O2. The molecule has 2 aromatic heterocycles. The second-order valence-electron chi connectivity index (χ2n) is 7.03. The predicted molar refractivity (Wildman–Crippen MR) is 96.3 cm³/mol. The Morgan fingerprint density at radius 1 is 1.12 bits per heavy atom. The van der Waals surface area contributed by atoms with E-state index < -0.39 is 0 Å². The third-order valence-electron chi connectivity index (χ3n) is 5.24. The minimum Gasteiger partial charge on any atom is -0.342 e. The van der Waals surface area contributed by atoms with E-state index in [2.05, 4.69) is 15.2 Å². The van der Waals surface area contributed by atoms with E-state index in [0.29, 0.717) is 24.5 Å². The number of aromatic amines is 1. The summed E-state index contributed by atoms with van der Waals surface area (Å²) < 4.78 is 0. The summed E-state index contributed by atoms with van der Waals surface area (Å²) in [5.74, 6) is 0.0405. The fourth-order valence-corrected chi connectivity index (χ4v) is 3.82. The second-order valence-corrected chi connectivity index (χ2v) is 7.03. The van der Waals surface area contributed by atoms with Gasteiger partial charge in [0.25, 0.3) is 5.91 Å². The number of piperidine rings is 1. The highest BCUT2D eigenvalue weighted by molar-refractivity contribution is 5.94. The number of hydrogen-bond donors (Lipinski definition) is 1. The van der Waals surface area contributed by atoms with Gasteiger partial charge in [0.15, 0.2) is 0 Å². The summed E-state index contributed by atoms with van der Waals surface area (Å²) in [5, 5.41) is 7.07. The molecule has 1 N–H and O–H groups in total. The van der Waals surface area contributed by atoms with Crippen LogP contribution in [0, 0.1) is 5.92 Å². The number of rotatable bonds is 3. The van der Waals surface area contributed by atoms with Gasteiger partial charge in [-0.1, -0.05) is 0 Å². The highest BCUT2D eigenvalue weighted by atomic mass is 16.2. The quantitative estimate of drug-likeness (QED) is 0.914. The van der Waals surface area contributed by atoms with Crippen LogP contribution < -0.4 is 0 Å². The van der Waals surface area contributed by atoms with E-state index in [1.54, 1.807) is 23.4 Å². The Kier molecular flexibility index (Phi) is 4.69. The van der Waals surface area contributed by atoms with Crippen LogP contribution in [-0.2, 0) is 4.79 Å². The lowest BCUT2D eigenvalue weighted by Gasteiger charge is -2.33. The highest BCUT2D eigenvalue weighted by Gasteiger charge is 2.32. The molecule has 136 valence electrons. The van der Waals surface area contributed by atoms with Crippen LogP contribution in [0.25, 0.3) is 11.3 Å². The molecule has 2 aliphatic rings. The van der Waals surface area contributed by atoms with E-state index in [9.17, 15) is 9.59 Å². The van der Waals surface area contributed by atoms with Crippen LogP contribution in [0.1, 0.15) is 36.2 Å². The van der Waals surface area contributed by atoms with E-state index in [4.69, 9.17) is 0 Å². The highest BCUT2D eigenvalue weighted by Crippen LogP contribution is 2.23. The molecule has 0 radical (unpaired) electrons. The van der Waals surface area contributed by atoms with Crippen molar-refractivity contribution in [2.75, 3.05) is 26.2 Å². The van der Waals surface area contributed by atoms with Crippen LogP contribution in [-0.4, -0.2) is 63.0 Å². The Balaban J connectivity index is 1.44. The van der Waals surface area contributed by atoms with E-state index in [1.807, 2.05) is 17.0 Å². The molecule has 7 heteroatoms. The van der Waals surface area contributed by atoms with Crippen molar-refractivity contribution in [1.29, 1.82) is 0 Å². The van der Waals surface area contributed by atoms with Crippen LogP contribution in [0.15, 0.2) is 30.6 Å². The van der Waals surface area contributed by atoms with E-state index >= 15 is 0 Å². The molecule has 2 aromatic rings. The molecule has 2 fully saturated rings. The molecule has 26 heavy (non-hydrogen) atoms. The molecule has 2 saturated heterocycles. The van der Waals surface area contributed by atoms with Crippen molar-refractivity contribution >= 4 is 11.8 Å². The zero-order valence-electron chi connectivity index (χ0n) is 14.7. The molecule has 4 heterocycles. The average molecular weight is 353 g/mol. The Morgan fingerprint density at radius 2 is 1.92 bits per heavy atom. The third kappa shape index (κ3) is 3.34. The van der Waals surface area contributed by atoms with Crippen LogP contribution in [0.5, 0.6) is 0 Å². The summed E-state index contributed by atoms with van der Waals surface area (Å²) in [4.78, 5) is 33.3. The number of nitrogens with one attached hydrogen (secondary N) is 1. The van der Waals surface area contributed by atoms with Crippen LogP contribution in [0.3, 0.4) is 0 Å². The van der Waals surface area contributed by atoms with Gasteiger partial charge in [-0.2, -0.15) is 5.10 Å². The molecule has 7 nitrogen and oxygen atoms in total. The molecule has 0 spiro atoms. The van der Waals surface area contributed by atoms with Gasteiger partial charge in [0.05, 0.1) is 11.6 Å². The normalized spacial score (nSPS) is 20.4. The van der Waals surface area contributed by atoms with E-state index in [-0.39, 0.29) is 17.7 Å². The summed E-state index contributed by atoms with van der Waals surface area (Å²) in [6, 6.07) is 5.50. The number of nitrogens with zero attached hydrogens (tertiary/aromatic N) is 4. The largest absolute Gasteiger partial charge is 0.342 e. The molecule has 2 amide bonds. The Bertz CT molecular complexity index is 782. The van der Waals surface area contributed by atoms with E-state index in [1.165, 1.54) is 0 Å². The standard InChI is InChI=1S/C19H23N5O2/c25-18(23-8-1-2-9-23)15-6-4-10-24(13-15)19(26)17-11-16(21-22-17)14-5-3-7-20-12-14/h3,5,7,11-12,15H,1-2,4,6,8-10,13H2,(H,21,22). The van der Waals surface area contributed by atoms with Crippen molar-refractivity contribution < 1.29 is 9.59 Å². The maximum absolute atomic E-state index is 12.8. The van der Waals surface area contributed by atoms with Crippen LogP contribution in [0.4, 0.5) is 0 Å². The van der Waals surface area contributed by atoms with Crippen molar-refractivity contribution in [3.05, 3.63) is 36.3 Å². The van der Waals surface area contributed by atoms with Gasteiger partial charge in [-0.05, 0) is 43.9 Å². The second kappa shape index (κ2) is 7.27. The molecular weight excluding hydrogens is 330 g/mol. The summed E-state index contributed by atoms with van der Waals surface area (Å²) in [6.07, 6.45) is 7.32. The number of aromatic nitrogens is 3. The zero-order chi connectivity index (χ0) is 17.9. The van der Waals surface area contributed by atoms with Gasteiger partial charge in [0, 0.05) is 44.1 Å². The molecule has 4 rings (SSSR count). The first-order valence-electron chi connectivity index (χ1n) is 9.26. The smallest absolute Gasteiger partial charge is 0.271 e. The number of pyridine rings is 1. The number of H-pyrrole nitrogens is 1. The van der Waals surface area contributed by atoms with Gasteiger partial charge in [-0.25, -0.2) is 0 Å².